The third-order valence-electron chi connectivity index (χ3n) is 8.62. The summed E-state index contributed by atoms with van der Waals surface area (Å²) in [6.07, 6.45) is 12.1. The molecule has 1 aliphatic rings. The van der Waals surface area contributed by atoms with Crippen LogP contribution in [0.15, 0.2) is 48.5 Å². The largest absolute Gasteiger partial charge is 0.545 e. The summed E-state index contributed by atoms with van der Waals surface area (Å²) in [5.74, 6) is -0.265. The van der Waals surface area contributed by atoms with Crippen molar-refractivity contribution in [3.05, 3.63) is 65.2 Å². The second kappa shape index (κ2) is 14.0. The molecule has 220 valence electrons. The minimum Gasteiger partial charge on any atom is -0.545 e. The maximum atomic E-state index is 12.0. The van der Waals surface area contributed by atoms with Crippen molar-refractivity contribution in [3.63, 3.8) is 0 Å². The number of aryl methyl sites for hydroxylation is 1. The first-order chi connectivity index (χ1) is 18.7. The number of hydrogen-bond acceptors (Lipinski definition) is 2. The smallest absolute Gasteiger partial charge is 0.0721 e. The number of rotatable bonds is 14. The fraction of sp³-hybridized carbons (Fsp3) is 0.571. The second-order valence-electron chi connectivity index (χ2n) is 15.4. The minimum absolute atomic E-state index is 0.291. The molecule has 40 heavy (non-hydrogen) atoms. The van der Waals surface area contributed by atoms with E-state index in [1.807, 2.05) is 6.07 Å². The van der Waals surface area contributed by atoms with Crippen molar-refractivity contribution < 1.29 is 9.90 Å². The number of aromatic carboxylic acids is 1. The molecule has 1 aliphatic carbocycles. The van der Waals surface area contributed by atoms with E-state index in [1.165, 1.54) is 61.3 Å². The molecule has 5 heteroatoms. The number of carbonyl (C=O) groups excluding carboxylic acids is 1. The van der Waals surface area contributed by atoms with Crippen molar-refractivity contribution in [3.8, 4) is 11.1 Å². The SMILES string of the molecule is CCCC1CC=C(c2ccc(-c3cc(CCCC[Si](C)(C)C[Si](C)(C)C[Si](C)(C)C)ccc3C(=O)[O-])cc2)CC1. The Morgan fingerprint density at radius 1 is 0.875 bits per heavy atom. The van der Waals surface area contributed by atoms with E-state index in [1.54, 1.807) is 17.4 Å². The topological polar surface area (TPSA) is 40.1 Å². The first-order valence-corrected chi connectivity index (χ1v) is 26.4. The van der Waals surface area contributed by atoms with Crippen molar-refractivity contribution in [2.24, 2.45) is 5.92 Å². The number of benzene rings is 2. The first-order valence-electron chi connectivity index (χ1n) is 15.8. The van der Waals surface area contributed by atoms with Crippen molar-refractivity contribution in [1.82, 2.24) is 0 Å². The molecule has 0 saturated heterocycles. The highest BCUT2D eigenvalue weighted by Crippen LogP contribution is 2.34. The highest BCUT2D eigenvalue weighted by molar-refractivity contribution is 7.02. The van der Waals surface area contributed by atoms with E-state index >= 15 is 0 Å². The second-order valence-corrected chi connectivity index (χ2v) is 32.5. The van der Waals surface area contributed by atoms with Gasteiger partial charge in [-0.2, -0.15) is 0 Å². The Balaban J connectivity index is 1.64. The molecule has 0 bridgehead atoms. The molecule has 3 rings (SSSR count). The summed E-state index contributed by atoms with van der Waals surface area (Å²) in [5.41, 5.74) is 9.07. The molecule has 0 spiro atoms. The number of allylic oxidation sites excluding steroid dienone is 2. The van der Waals surface area contributed by atoms with Crippen LogP contribution in [0.4, 0.5) is 0 Å². The van der Waals surface area contributed by atoms with Gasteiger partial charge in [0.05, 0.1) is 5.97 Å². The Morgan fingerprint density at radius 2 is 1.55 bits per heavy atom. The van der Waals surface area contributed by atoms with Gasteiger partial charge in [0, 0.05) is 29.8 Å². The quantitative estimate of drug-likeness (QED) is 0.162. The van der Waals surface area contributed by atoms with E-state index in [9.17, 15) is 9.90 Å². The van der Waals surface area contributed by atoms with Crippen LogP contribution in [-0.4, -0.2) is 30.2 Å². The zero-order valence-corrected chi connectivity index (χ0v) is 29.8. The van der Waals surface area contributed by atoms with Crippen molar-refractivity contribution >= 4 is 35.8 Å². The Kier molecular flexibility index (Phi) is 11.5. The Bertz CT molecular complexity index is 1160. The molecule has 1 atom stereocenters. The molecule has 0 radical (unpaired) electrons. The van der Waals surface area contributed by atoms with Crippen LogP contribution in [0, 0.1) is 5.92 Å². The van der Waals surface area contributed by atoms with Gasteiger partial charge in [0.1, 0.15) is 0 Å². The normalized spacial score (nSPS) is 16.6. The third-order valence-corrected chi connectivity index (χ3v) is 26.1. The van der Waals surface area contributed by atoms with Gasteiger partial charge >= 0.3 is 0 Å². The number of unbranched alkanes of at least 4 members (excludes halogenated alkanes) is 1. The Labute approximate surface area is 248 Å². The van der Waals surface area contributed by atoms with E-state index in [0.717, 1.165) is 29.9 Å². The number of carboxylic acid groups (broad SMARTS) is 1. The summed E-state index contributed by atoms with van der Waals surface area (Å²) in [7, 11) is -3.33. The molecule has 2 nitrogen and oxygen atoms in total. The summed E-state index contributed by atoms with van der Waals surface area (Å²) in [5, 5.41) is 12.0. The lowest BCUT2D eigenvalue weighted by Gasteiger charge is -2.36. The fourth-order valence-corrected chi connectivity index (χ4v) is 33.1. The molecular weight excluding hydrogens is 537 g/mol. The van der Waals surface area contributed by atoms with E-state index < -0.39 is 30.2 Å². The maximum absolute atomic E-state index is 12.0. The van der Waals surface area contributed by atoms with Crippen LogP contribution in [-0.2, 0) is 6.42 Å². The van der Waals surface area contributed by atoms with Crippen molar-refractivity contribution in [2.75, 3.05) is 0 Å². The molecule has 1 unspecified atom stereocenters. The lowest BCUT2D eigenvalue weighted by atomic mass is 9.84. The molecule has 0 saturated carbocycles. The molecule has 2 aromatic rings. The summed E-state index contributed by atoms with van der Waals surface area (Å²) >= 11 is 0. The van der Waals surface area contributed by atoms with E-state index in [4.69, 9.17) is 0 Å². The predicted molar refractivity (Wildman–Crippen MR) is 182 cm³/mol. The molecule has 2 aromatic carbocycles. The number of carbonyl (C=O) groups is 1. The molecular formula is C35H55O2Si3-. The van der Waals surface area contributed by atoms with Crippen LogP contribution in [0.5, 0.6) is 0 Å². The van der Waals surface area contributed by atoms with Crippen LogP contribution in [0.3, 0.4) is 0 Å². The van der Waals surface area contributed by atoms with E-state index in [0.29, 0.717) is 5.56 Å². The van der Waals surface area contributed by atoms with Gasteiger partial charge in [-0.1, -0.05) is 138 Å². The van der Waals surface area contributed by atoms with Gasteiger partial charge in [-0.25, -0.2) is 0 Å². The molecule has 0 fully saturated rings. The predicted octanol–water partition coefficient (Wildman–Crippen LogP) is 9.86. The summed E-state index contributed by atoms with van der Waals surface area (Å²) in [6, 6.07) is 15.8. The van der Waals surface area contributed by atoms with Gasteiger partial charge in [0.15, 0.2) is 0 Å². The minimum atomic E-state index is -1.20. The molecule has 0 aromatic heterocycles. The summed E-state index contributed by atoms with van der Waals surface area (Å²) in [6.45, 7) is 20.3. The third kappa shape index (κ3) is 10.3. The van der Waals surface area contributed by atoms with Gasteiger partial charge in [-0.3, -0.25) is 0 Å². The van der Waals surface area contributed by atoms with Gasteiger partial charge in [-0.15, -0.1) is 0 Å². The van der Waals surface area contributed by atoms with Crippen LogP contribution in [0.25, 0.3) is 16.7 Å². The van der Waals surface area contributed by atoms with Crippen LogP contribution >= 0.6 is 0 Å². The zero-order valence-electron chi connectivity index (χ0n) is 26.8. The molecule has 0 aliphatic heterocycles. The Morgan fingerprint density at radius 3 is 2.12 bits per heavy atom. The van der Waals surface area contributed by atoms with Crippen LogP contribution in [0.1, 0.15) is 73.4 Å². The zero-order chi connectivity index (χ0) is 29.6. The highest BCUT2D eigenvalue weighted by atomic mass is 28.4. The van der Waals surface area contributed by atoms with E-state index in [2.05, 4.69) is 89.2 Å². The molecule has 0 heterocycles. The highest BCUT2D eigenvalue weighted by Gasteiger charge is 2.35. The fourth-order valence-electron chi connectivity index (χ4n) is 7.66. The first kappa shape index (κ1) is 32.8. The molecule has 0 amide bonds. The number of hydrogen-bond donors (Lipinski definition) is 0. The monoisotopic (exact) mass is 591 g/mol. The van der Waals surface area contributed by atoms with Gasteiger partial charge in [0.25, 0.3) is 0 Å². The van der Waals surface area contributed by atoms with Gasteiger partial charge in [-0.05, 0) is 65.8 Å². The number of carboxylic acids is 1. The van der Waals surface area contributed by atoms with Gasteiger partial charge in [0.2, 0.25) is 0 Å². The lowest BCUT2D eigenvalue weighted by molar-refractivity contribution is -0.254. The van der Waals surface area contributed by atoms with Crippen molar-refractivity contribution in [2.45, 2.75) is 121 Å². The van der Waals surface area contributed by atoms with Crippen LogP contribution < -0.4 is 5.11 Å². The maximum Gasteiger partial charge on any atom is 0.0721 e. The van der Waals surface area contributed by atoms with Crippen molar-refractivity contribution in [1.29, 1.82) is 0 Å². The summed E-state index contributed by atoms with van der Waals surface area (Å²) < 4.78 is 0. The lowest BCUT2D eigenvalue weighted by Crippen LogP contribution is -2.44. The Hall–Kier alpha value is -1.70. The van der Waals surface area contributed by atoms with Crippen LogP contribution in [0.2, 0.25) is 63.2 Å². The average molecular weight is 592 g/mol. The summed E-state index contributed by atoms with van der Waals surface area (Å²) in [4.78, 5) is 12.0. The molecule has 0 N–H and O–H groups in total. The average Bonchev–Trinajstić information content (AvgIpc) is 2.85. The van der Waals surface area contributed by atoms with E-state index in [-0.39, 0.29) is 0 Å². The van der Waals surface area contributed by atoms with Gasteiger partial charge < -0.3 is 9.90 Å². The standard InChI is InChI=1S/C35H56O2Si3/c1-9-12-28-14-17-30(18-15-28)31-19-21-32(22-20-31)34-25-29(16-23-33(34)35(36)37)13-10-11-24-39(5,6)27-40(7,8)26-38(2,3)4/h16-17,19-23,25,28H,9-15,18,24,26-27H2,1-8H3,(H,36,37)/p-1.